The molecule has 0 spiro atoms. The summed E-state index contributed by atoms with van der Waals surface area (Å²) in [5, 5.41) is 0. The normalized spacial score (nSPS) is 21.2. The molecule has 2 heteroatoms. The standard InChI is InChI=1S/C6H6O2/c7-3-1-6-2-4-8-5-6/h1-4H,5H2. The highest BCUT2D eigenvalue weighted by Gasteiger charge is 1.96. The van der Waals surface area contributed by atoms with E-state index in [1.54, 1.807) is 12.3 Å². The molecule has 0 amide bonds. The van der Waals surface area contributed by atoms with E-state index in [-0.39, 0.29) is 0 Å². The number of ether oxygens (including phenoxy) is 1. The van der Waals surface area contributed by atoms with E-state index < -0.39 is 0 Å². The lowest BCUT2D eigenvalue weighted by Gasteiger charge is -1.85. The van der Waals surface area contributed by atoms with Gasteiger partial charge in [-0.2, -0.15) is 0 Å². The zero-order valence-corrected chi connectivity index (χ0v) is 4.33. The third-order valence-electron chi connectivity index (χ3n) is 0.910. The van der Waals surface area contributed by atoms with E-state index in [9.17, 15) is 4.79 Å². The van der Waals surface area contributed by atoms with Gasteiger partial charge in [-0.25, -0.2) is 0 Å². The monoisotopic (exact) mass is 110 g/mol. The van der Waals surface area contributed by atoms with Gasteiger partial charge in [-0.3, -0.25) is 4.79 Å². The molecule has 0 bridgehead atoms. The van der Waals surface area contributed by atoms with Crippen molar-refractivity contribution in [3.63, 3.8) is 0 Å². The molecular weight excluding hydrogens is 104 g/mol. The van der Waals surface area contributed by atoms with E-state index >= 15 is 0 Å². The summed E-state index contributed by atoms with van der Waals surface area (Å²) in [6, 6.07) is 0. The van der Waals surface area contributed by atoms with Gasteiger partial charge in [0.05, 0.1) is 6.26 Å². The van der Waals surface area contributed by atoms with Crippen LogP contribution in [0, 0.1) is 0 Å². The summed E-state index contributed by atoms with van der Waals surface area (Å²) in [7, 11) is 0. The van der Waals surface area contributed by atoms with Crippen molar-refractivity contribution in [1.29, 1.82) is 0 Å². The minimum Gasteiger partial charge on any atom is -0.496 e. The zero-order valence-electron chi connectivity index (χ0n) is 4.33. The van der Waals surface area contributed by atoms with Crippen molar-refractivity contribution in [1.82, 2.24) is 0 Å². The molecule has 0 radical (unpaired) electrons. The molecule has 1 aliphatic rings. The number of carbonyl (C=O) groups excluding carboxylic acids is 1. The Morgan fingerprint density at radius 3 is 3.12 bits per heavy atom. The lowest BCUT2D eigenvalue weighted by molar-refractivity contribution is -0.104. The summed E-state index contributed by atoms with van der Waals surface area (Å²) in [6.45, 7) is 0.540. The molecule has 1 rings (SSSR count). The fourth-order valence-electron chi connectivity index (χ4n) is 0.519. The van der Waals surface area contributed by atoms with Gasteiger partial charge in [0.2, 0.25) is 0 Å². The summed E-state index contributed by atoms with van der Waals surface area (Å²) >= 11 is 0. The second kappa shape index (κ2) is 2.31. The van der Waals surface area contributed by atoms with E-state index in [0.717, 1.165) is 11.9 Å². The van der Waals surface area contributed by atoms with Gasteiger partial charge in [0.25, 0.3) is 0 Å². The molecule has 1 heterocycles. The summed E-state index contributed by atoms with van der Waals surface area (Å²) in [5.74, 6) is 0. The van der Waals surface area contributed by atoms with Gasteiger partial charge in [-0.1, -0.05) is 0 Å². The average Bonchev–Trinajstić information content (AvgIpc) is 2.19. The van der Waals surface area contributed by atoms with Gasteiger partial charge in [0.1, 0.15) is 12.9 Å². The first-order chi connectivity index (χ1) is 3.93. The molecular formula is C6H6O2. The number of carbonyl (C=O) groups is 1. The average molecular weight is 110 g/mol. The predicted octanol–water partition coefficient (Wildman–Crippen LogP) is 0.656. The zero-order chi connectivity index (χ0) is 5.82. The van der Waals surface area contributed by atoms with Crippen molar-refractivity contribution in [3.05, 3.63) is 24.0 Å². The molecule has 42 valence electrons. The van der Waals surface area contributed by atoms with Gasteiger partial charge < -0.3 is 4.74 Å². The van der Waals surface area contributed by atoms with Crippen molar-refractivity contribution in [3.8, 4) is 0 Å². The Morgan fingerprint density at radius 1 is 1.75 bits per heavy atom. The first-order valence-corrected chi connectivity index (χ1v) is 2.36. The SMILES string of the molecule is O=CC=C1C=COC1. The van der Waals surface area contributed by atoms with Crippen molar-refractivity contribution in [2.75, 3.05) is 6.61 Å². The fraction of sp³-hybridized carbons (Fsp3) is 0.167. The first-order valence-electron chi connectivity index (χ1n) is 2.36. The Balaban J connectivity index is 2.58. The van der Waals surface area contributed by atoms with E-state index in [1.807, 2.05) is 0 Å². The molecule has 0 N–H and O–H groups in total. The fourth-order valence-corrected chi connectivity index (χ4v) is 0.519. The van der Waals surface area contributed by atoms with Crippen LogP contribution >= 0.6 is 0 Å². The molecule has 2 nitrogen and oxygen atoms in total. The van der Waals surface area contributed by atoms with Crippen molar-refractivity contribution >= 4 is 6.29 Å². The van der Waals surface area contributed by atoms with Gasteiger partial charge >= 0.3 is 0 Å². The topological polar surface area (TPSA) is 26.3 Å². The second-order valence-corrected chi connectivity index (χ2v) is 1.49. The molecule has 0 atom stereocenters. The van der Waals surface area contributed by atoms with Crippen molar-refractivity contribution in [2.24, 2.45) is 0 Å². The lowest BCUT2D eigenvalue weighted by Crippen LogP contribution is -1.81. The smallest absolute Gasteiger partial charge is 0.143 e. The van der Waals surface area contributed by atoms with Crippen molar-refractivity contribution < 1.29 is 9.53 Å². The highest BCUT2D eigenvalue weighted by atomic mass is 16.5. The van der Waals surface area contributed by atoms with Crippen LogP contribution in [0.15, 0.2) is 24.0 Å². The van der Waals surface area contributed by atoms with Gasteiger partial charge in [0, 0.05) is 0 Å². The Labute approximate surface area is 47.5 Å². The highest BCUT2D eigenvalue weighted by Crippen LogP contribution is 2.04. The predicted molar refractivity (Wildman–Crippen MR) is 29.2 cm³/mol. The Bertz CT molecular complexity index is 145. The van der Waals surface area contributed by atoms with Gasteiger partial charge in [0.15, 0.2) is 0 Å². The Kier molecular flexibility index (Phi) is 1.47. The van der Waals surface area contributed by atoms with Crippen LogP contribution in [-0.2, 0) is 9.53 Å². The minimum atomic E-state index is 0.540. The number of allylic oxidation sites excluding steroid dienone is 1. The Morgan fingerprint density at radius 2 is 2.62 bits per heavy atom. The third-order valence-corrected chi connectivity index (χ3v) is 0.910. The molecule has 8 heavy (non-hydrogen) atoms. The van der Waals surface area contributed by atoms with Crippen LogP contribution in [0.1, 0.15) is 0 Å². The van der Waals surface area contributed by atoms with E-state index in [4.69, 9.17) is 4.74 Å². The van der Waals surface area contributed by atoms with Crippen LogP contribution < -0.4 is 0 Å². The molecule has 0 aromatic rings. The number of rotatable bonds is 1. The van der Waals surface area contributed by atoms with E-state index in [2.05, 4.69) is 0 Å². The maximum atomic E-state index is 9.80. The minimum absolute atomic E-state index is 0.540. The molecule has 0 saturated heterocycles. The number of hydrogen-bond acceptors (Lipinski definition) is 2. The molecule has 0 unspecified atom stereocenters. The largest absolute Gasteiger partial charge is 0.496 e. The van der Waals surface area contributed by atoms with Crippen LogP contribution in [0.3, 0.4) is 0 Å². The van der Waals surface area contributed by atoms with E-state index in [1.165, 1.54) is 6.08 Å². The van der Waals surface area contributed by atoms with Crippen molar-refractivity contribution in [2.45, 2.75) is 0 Å². The number of aldehydes is 1. The summed E-state index contributed by atoms with van der Waals surface area (Å²) in [4.78, 5) is 9.80. The quantitative estimate of drug-likeness (QED) is 0.366. The molecule has 1 aliphatic heterocycles. The summed E-state index contributed by atoms with van der Waals surface area (Å²) < 4.78 is 4.80. The van der Waals surface area contributed by atoms with Crippen LogP contribution in [-0.4, -0.2) is 12.9 Å². The van der Waals surface area contributed by atoms with Crippen LogP contribution in [0.4, 0.5) is 0 Å². The maximum absolute atomic E-state index is 9.80. The third kappa shape index (κ3) is 0.964. The van der Waals surface area contributed by atoms with Gasteiger partial charge in [-0.05, 0) is 17.7 Å². The molecule has 0 aromatic carbocycles. The van der Waals surface area contributed by atoms with Crippen LogP contribution in [0.2, 0.25) is 0 Å². The van der Waals surface area contributed by atoms with Crippen LogP contribution in [0.25, 0.3) is 0 Å². The highest BCUT2D eigenvalue weighted by molar-refractivity contribution is 5.67. The van der Waals surface area contributed by atoms with E-state index in [0.29, 0.717) is 6.61 Å². The molecule has 0 aromatic heterocycles. The number of hydrogen-bond donors (Lipinski definition) is 0. The molecule has 0 aliphatic carbocycles. The Hall–Kier alpha value is -1.05. The van der Waals surface area contributed by atoms with Crippen LogP contribution in [0.5, 0.6) is 0 Å². The lowest BCUT2D eigenvalue weighted by atomic mass is 10.3. The second-order valence-electron chi connectivity index (χ2n) is 1.49. The molecule has 0 saturated carbocycles. The molecule has 0 fully saturated rings. The summed E-state index contributed by atoms with van der Waals surface area (Å²) in [5.41, 5.74) is 0.931. The summed E-state index contributed by atoms with van der Waals surface area (Å²) in [6.07, 6.45) is 5.60. The first kappa shape index (κ1) is 5.09. The maximum Gasteiger partial charge on any atom is 0.143 e. The van der Waals surface area contributed by atoms with Gasteiger partial charge in [-0.15, -0.1) is 0 Å².